The Balaban J connectivity index is 1.84. The summed E-state index contributed by atoms with van der Waals surface area (Å²) < 4.78 is 9.84. The lowest BCUT2D eigenvalue weighted by molar-refractivity contribution is -0.0606. The minimum atomic E-state index is -0.867. The van der Waals surface area contributed by atoms with Crippen molar-refractivity contribution in [2.75, 3.05) is 19.8 Å². The summed E-state index contributed by atoms with van der Waals surface area (Å²) in [6.45, 7) is 1.25. The monoisotopic (exact) mass is 226 g/mol. The van der Waals surface area contributed by atoms with Crippen LogP contribution in [0.3, 0.4) is 0 Å². The summed E-state index contributed by atoms with van der Waals surface area (Å²) in [5.74, 6) is -0.215. The third-order valence-electron chi connectivity index (χ3n) is 2.66. The summed E-state index contributed by atoms with van der Waals surface area (Å²) in [4.78, 5) is 11.5. The van der Waals surface area contributed by atoms with Crippen molar-refractivity contribution in [1.82, 2.24) is 10.5 Å². The van der Waals surface area contributed by atoms with Gasteiger partial charge >= 0.3 is 0 Å². The van der Waals surface area contributed by atoms with Gasteiger partial charge in [0.25, 0.3) is 5.91 Å². The molecule has 16 heavy (non-hydrogen) atoms. The van der Waals surface area contributed by atoms with Crippen molar-refractivity contribution >= 4 is 5.91 Å². The van der Waals surface area contributed by atoms with Crippen LogP contribution in [0.25, 0.3) is 0 Å². The predicted molar refractivity (Wildman–Crippen MR) is 53.8 cm³/mol. The second kappa shape index (κ2) is 4.63. The molecule has 1 fully saturated rings. The largest absolute Gasteiger partial charge is 0.388 e. The van der Waals surface area contributed by atoms with Gasteiger partial charge < -0.3 is 19.7 Å². The van der Waals surface area contributed by atoms with Crippen LogP contribution in [0.4, 0.5) is 0 Å². The maximum Gasteiger partial charge on any atom is 0.289 e. The summed E-state index contributed by atoms with van der Waals surface area (Å²) >= 11 is 0. The Hall–Kier alpha value is -1.40. The molecule has 1 aliphatic heterocycles. The Bertz CT molecular complexity index is 344. The van der Waals surface area contributed by atoms with E-state index in [4.69, 9.17) is 9.26 Å². The van der Waals surface area contributed by atoms with Gasteiger partial charge in [0.1, 0.15) is 0 Å². The molecule has 0 unspecified atom stereocenters. The second-order valence-electron chi connectivity index (χ2n) is 3.90. The Morgan fingerprint density at radius 2 is 2.31 bits per heavy atom. The molecular formula is C10H14N2O4. The fourth-order valence-corrected chi connectivity index (χ4v) is 1.59. The smallest absolute Gasteiger partial charge is 0.289 e. The van der Waals surface area contributed by atoms with Gasteiger partial charge in [0.15, 0.2) is 0 Å². The molecule has 0 atom stereocenters. The summed E-state index contributed by atoms with van der Waals surface area (Å²) in [6, 6.07) is 1.48. The van der Waals surface area contributed by atoms with Crippen LogP contribution in [0.5, 0.6) is 0 Å². The van der Waals surface area contributed by atoms with Crippen molar-refractivity contribution in [1.29, 1.82) is 0 Å². The lowest BCUT2D eigenvalue weighted by Crippen LogP contribution is -2.46. The lowest BCUT2D eigenvalue weighted by atomic mass is 9.94. The molecule has 0 spiro atoms. The first-order chi connectivity index (χ1) is 7.70. The Labute approximate surface area is 92.6 Å². The van der Waals surface area contributed by atoms with E-state index in [0.29, 0.717) is 26.1 Å². The van der Waals surface area contributed by atoms with Crippen LogP contribution in [0, 0.1) is 0 Å². The highest BCUT2D eigenvalue weighted by Gasteiger charge is 2.30. The molecule has 1 aromatic heterocycles. The van der Waals surface area contributed by atoms with Gasteiger partial charge in [0, 0.05) is 38.7 Å². The van der Waals surface area contributed by atoms with Crippen molar-refractivity contribution in [2.45, 2.75) is 18.4 Å². The first kappa shape index (κ1) is 11.1. The average Bonchev–Trinajstić information content (AvgIpc) is 2.80. The topological polar surface area (TPSA) is 84.6 Å². The standard InChI is InChI=1S/C10H14N2O4/c13-9(8-1-4-12-16-8)11-7-10(14)2-5-15-6-3-10/h1,4,14H,2-3,5-7H2,(H,11,13). The number of nitrogens with one attached hydrogen (secondary N) is 1. The first-order valence-electron chi connectivity index (χ1n) is 5.19. The molecule has 1 saturated heterocycles. The molecular weight excluding hydrogens is 212 g/mol. The molecule has 1 aromatic rings. The highest BCUT2D eigenvalue weighted by molar-refractivity contribution is 5.91. The third kappa shape index (κ3) is 2.59. The van der Waals surface area contributed by atoms with Gasteiger partial charge in [0.2, 0.25) is 5.76 Å². The van der Waals surface area contributed by atoms with Crippen LogP contribution in [0.15, 0.2) is 16.8 Å². The van der Waals surface area contributed by atoms with Crippen LogP contribution < -0.4 is 5.32 Å². The maximum absolute atomic E-state index is 11.5. The van der Waals surface area contributed by atoms with E-state index < -0.39 is 5.60 Å². The van der Waals surface area contributed by atoms with E-state index in [-0.39, 0.29) is 18.2 Å². The zero-order valence-corrected chi connectivity index (χ0v) is 8.81. The van der Waals surface area contributed by atoms with Gasteiger partial charge in [0.05, 0.1) is 11.8 Å². The van der Waals surface area contributed by atoms with Crippen LogP contribution in [0.2, 0.25) is 0 Å². The molecule has 6 nitrogen and oxygen atoms in total. The van der Waals surface area contributed by atoms with E-state index in [1.165, 1.54) is 12.3 Å². The van der Waals surface area contributed by atoms with Gasteiger partial charge in [-0.3, -0.25) is 4.79 Å². The number of nitrogens with zero attached hydrogens (tertiary/aromatic N) is 1. The third-order valence-corrected chi connectivity index (χ3v) is 2.66. The van der Waals surface area contributed by atoms with Crippen LogP contribution >= 0.6 is 0 Å². The summed E-state index contributed by atoms with van der Waals surface area (Å²) in [7, 11) is 0. The average molecular weight is 226 g/mol. The lowest BCUT2D eigenvalue weighted by Gasteiger charge is -2.31. The number of ether oxygens (including phenoxy) is 1. The quantitative estimate of drug-likeness (QED) is 0.754. The number of aromatic nitrogens is 1. The van der Waals surface area contributed by atoms with Crippen molar-refractivity contribution < 1.29 is 19.2 Å². The van der Waals surface area contributed by atoms with Gasteiger partial charge in [-0.2, -0.15) is 0 Å². The number of aliphatic hydroxyl groups is 1. The van der Waals surface area contributed by atoms with E-state index >= 15 is 0 Å². The number of rotatable bonds is 3. The molecule has 2 heterocycles. The molecule has 0 radical (unpaired) electrons. The number of hydrogen-bond donors (Lipinski definition) is 2. The van der Waals surface area contributed by atoms with Crippen molar-refractivity contribution in [3.05, 3.63) is 18.0 Å². The summed E-state index contributed by atoms with van der Waals surface area (Å²) in [6.07, 6.45) is 2.46. The van der Waals surface area contributed by atoms with E-state index in [1.54, 1.807) is 0 Å². The molecule has 2 N–H and O–H groups in total. The van der Waals surface area contributed by atoms with Gasteiger partial charge in [-0.25, -0.2) is 0 Å². The van der Waals surface area contributed by atoms with Crippen molar-refractivity contribution in [3.63, 3.8) is 0 Å². The molecule has 0 aliphatic carbocycles. The molecule has 2 rings (SSSR count). The zero-order chi connectivity index (χ0) is 11.4. The summed E-state index contributed by atoms with van der Waals surface area (Å²) in [5.41, 5.74) is -0.867. The van der Waals surface area contributed by atoms with Crippen molar-refractivity contribution in [3.8, 4) is 0 Å². The Morgan fingerprint density at radius 1 is 1.56 bits per heavy atom. The highest BCUT2D eigenvalue weighted by Crippen LogP contribution is 2.19. The predicted octanol–water partition coefficient (Wildman–Crippen LogP) is -0.0541. The minimum Gasteiger partial charge on any atom is -0.388 e. The normalized spacial score (nSPS) is 19.3. The molecule has 6 heteroatoms. The van der Waals surface area contributed by atoms with E-state index in [9.17, 15) is 9.90 Å². The SMILES string of the molecule is O=C(NCC1(O)CCOCC1)c1ccno1. The van der Waals surface area contributed by atoms with E-state index in [0.717, 1.165) is 0 Å². The Kier molecular flexibility index (Phi) is 3.21. The fourth-order valence-electron chi connectivity index (χ4n) is 1.59. The first-order valence-corrected chi connectivity index (χ1v) is 5.19. The van der Waals surface area contributed by atoms with Gasteiger partial charge in [-0.1, -0.05) is 5.16 Å². The van der Waals surface area contributed by atoms with Crippen LogP contribution in [-0.4, -0.2) is 41.5 Å². The second-order valence-corrected chi connectivity index (χ2v) is 3.90. The number of hydrogen-bond acceptors (Lipinski definition) is 5. The fraction of sp³-hybridized carbons (Fsp3) is 0.600. The molecule has 1 aliphatic rings. The van der Waals surface area contributed by atoms with Crippen molar-refractivity contribution in [2.24, 2.45) is 0 Å². The number of amides is 1. The summed E-state index contributed by atoms with van der Waals surface area (Å²) in [5, 5.41) is 16.1. The molecule has 1 amide bonds. The molecule has 88 valence electrons. The van der Waals surface area contributed by atoms with Crippen LogP contribution in [-0.2, 0) is 4.74 Å². The molecule has 0 aromatic carbocycles. The van der Waals surface area contributed by atoms with Gasteiger partial charge in [-0.15, -0.1) is 0 Å². The van der Waals surface area contributed by atoms with E-state index in [2.05, 4.69) is 10.5 Å². The molecule has 0 bridgehead atoms. The number of carbonyl (C=O) groups excluding carboxylic acids is 1. The Morgan fingerprint density at radius 3 is 2.94 bits per heavy atom. The number of carbonyl (C=O) groups is 1. The minimum absolute atomic E-state index is 0.149. The van der Waals surface area contributed by atoms with Gasteiger partial charge in [-0.05, 0) is 0 Å². The molecule has 0 saturated carbocycles. The van der Waals surface area contributed by atoms with Crippen LogP contribution in [0.1, 0.15) is 23.4 Å². The zero-order valence-electron chi connectivity index (χ0n) is 8.81. The highest BCUT2D eigenvalue weighted by atomic mass is 16.5. The van der Waals surface area contributed by atoms with E-state index in [1.807, 2.05) is 0 Å². The maximum atomic E-state index is 11.5.